The van der Waals surface area contributed by atoms with Crippen molar-refractivity contribution in [1.82, 2.24) is 5.32 Å². The molecule has 1 amide bonds. The van der Waals surface area contributed by atoms with Crippen molar-refractivity contribution >= 4 is 16.9 Å². The molecule has 1 saturated carbocycles. The van der Waals surface area contributed by atoms with Crippen LogP contribution < -0.4 is 5.32 Å². The minimum atomic E-state index is -0.331. The zero-order valence-corrected chi connectivity index (χ0v) is 13.0. The lowest BCUT2D eigenvalue weighted by Crippen LogP contribution is -2.65. The molecule has 23 heavy (non-hydrogen) atoms. The van der Waals surface area contributed by atoms with Gasteiger partial charge >= 0.3 is 0 Å². The lowest BCUT2D eigenvalue weighted by Gasteiger charge is -2.55. The Morgan fingerprint density at radius 1 is 1.30 bits per heavy atom. The molecule has 2 heterocycles. The first kappa shape index (κ1) is 14.7. The quantitative estimate of drug-likeness (QED) is 0.909. The second-order valence-electron chi connectivity index (χ2n) is 6.64. The van der Waals surface area contributed by atoms with Crippen LogP contribution in [-0.4, -0.2) is 36.4 Å². The second-order valence-corrected chi connectivity index (χ2v) is 6.64. The van der Waals surface area contributed by atoms with Crippen molar-refractivity contribution in [1.29, 1.82) is 0 Å². The number of ether oxygens (including phenoxy) is 1. The summed E-state index contributed by atoms with van der Waals surface area (Å²) in [4.78, 5) is 12.3. The number of rotatable bonds is 3. The molecule has 2 atom stereocenters. The van der Waals surface area contributed by atoms with Crippen LogP contribution in [0.3, 0.4) is 0 Å². The van der Waals surface area contributed by atoms with Crippen molar-refractivity contribution < 1.29 is 19.1 Å². The highest BCUT2D eigenvalue weighted by molar-refractivity contribution is 5.82. The zero-order valence-electron chi connectivity index (χ0n) is 13.0. The van der Waals surface area contributed by atoms with Crippen molar-refractivity contribution in [2.24, 2.45) is 5.41 Å². The van der Waals surface area contributed by atoms with E-state index >= 15 is 0 Å². The van der Waals surface area contributed by atoms with Gasteiger partial charge in [0.15, 0.2) is 0 Å². The maximum atomic E-state index is 12.3. The Balaban J connectivity index is 1.42. The monoisotopic (exact) mass is 315 g/mol. The summed E-state index contributed by atoms with van der Waals surface area (Å²) in [5, 5.41) is 14.3. The molecular weight excluding hydrogens is 294 g/mol. The van der Waals surface area contributed by atoms with Crippen LogP contribution in [0.25, 0.3) is 11.0 Å². The van der Waals surface area contributed by atoms with Crippen LogP contribution in [-0.2, 0) is 16.0 Å². The molecule has 1 spiro atoms. The highest BCUT2D eigenvalue weighted by Crippen LogP contribution is 2.48. The standard InChI is InChI=1S/C18H21NO4/c20-16-11-15(18(16)5-7-22-8-6-18)19-17(21)10-13-9-12-3-1-2-4-14(12)23-13/h1-4,9,15-16,20H,5-8,10-11H2,(H,19,21)/t15-,16-/m1/s1. The van der Waals surface area contributed by atoms with Gasteiger partial charge in [-0.05, 0) is 31.4 Å². The van der Waals surface area contributed by atoms with Gasteiger partial charge in [-0.15, -0.1) is 0 Å². The fourth-order valence-corrected chi connectivity index (χ4v) is 3.93. The van der Waals surface area contributed by atoms with E-state index < -0.39 is 0 Å². The van der Waals surface area contributed by atoms with Crippen molar-refractivity contribution in [3.63, 3.8) is 0 Å². The molecule has 2 N–H and O–H groups in total. The number of benzene rings is 1. The number of nitrogens with one attached hydrogen (secondary N) is 1. The highest BCUT2D eigenvalue weighted by Gasteiger charge is 2.55. The van der Waals surface area contributed by atoms with E-state index in [4.69, 9.17) is 9.15 Å². The highest BCUT2D eigenvalue weighted by atomic mass is 16.5. The van der Waals surface area contributed by atoms with Gasteiger partial charge < -0.3 is 19.6 Å². The Morgan fingerprint density at radius 2 is 2.09 bits per heavy atom. The van der Waals surface area contributed by atoms with Gasteiger partial charge in [-0.3, -0.25) is 4.79 Å². The normalized spacial score (nSPS) is 26.1. The van der Waals surface area contributed by atoms with Gasteiger partial charge in [0.05, 0.1) is 12.5 Å². The largest absolute Gasteiger partial charge is 0.461 e. The fourth-order valence-electron chi connectivity index (χ4n) is 3.93. The van der Waals surface area contributed by atoms with Gasteiger partial charge in [0.25, 0.3) is 0 Å². The first-order chi connectivity index (χ1) is 11.2. The Morgan fingerprint density at radius 3 is 2.83 bits per heavy atom. The van der Waals surface area contributed by atoms with E-state index in [1.54, 1.807) is 0 Å². The van der Waals surface area contributed by atoms with Crippen LogP contribution >= 0.6 is 0 Å². The third-order valence-electron chi connectivity index (χ3n) is 5.39. The molecule has 0 bridgehead atoms. The van der Waals surface area contributed by atoms with Crippen molar-refractivity contribution in [3.8, 4) is 0 Å². The number of hydrogen-bond acceptors (Lipinski definition) is 4. The van der Waals surface area contributed by atoms with Gasteiger partial charge in [0.2, 0.25) is 5.91 Å². The number of furan rings is 1. The van der Waals surface area contributed by atoms with Gasteiger partial charge in [-0.1, -0.05) is 18.2 Å². The molecule has 2 aromatic rings. The van der Waals surface area contributed by atoms with E-state index in [-0.39, 0.29) is 29.9 Å². The minimum absolute atomic E-state index is 0.0401. The lowest BCUT2D eigenvalue weighted by molar-refractivity contribution is -0.155. The zero-order chi connectivity index (χ0) is 15.9. The molecule has 0 radical (unpaired) electrons. The molecule has 122 valence electrons. The number of para-hydroxylation sites is 1. The molecule has 1 aliphatic carbocycles. The number of fused-ring (bicyclic) bond motifs is 1. The smallest absolute Gasteiger partial charge is 0.227 e. The molecular formula is C18H21NO4. The number of amides is 1. The van der Waals surface area contributed by atoms with Gasteiger partial charge in [0.1, 0.15) is 11.3 Å². The summed E-state index contributed by atoms with van der Waals surface area (Å²) in [6, 6.07) is 9.69. The van der Waals surface area contributed by atoms with Crippen LogP contribution in [0.15, 0.2) is 34.7 Å². The van der Waals surface area contributed by atoms with E-state index in [1.165, 1.54) is 0 Å². The molecule has 1 saturated heterocycles. The van der Waals surface area contributed by atoms with Crippen LogP contribution in [0.4, 0.5) is 0 Å². The summed E-state index contributed by atoms with van der Waals surface area (Å²) in [5.41, 5.74) is 0.609. The van der Waals surface area contributed by atoms with Crippen LogP contribution in [0.1, 0.15) is 25.0 Å². The summed E-state index contributed by atoms with van der Waals surface area (Å²) in [7, 11) is 0. The topological polar surface area (TPSA) is 71.7 Å². The number of carbonyl (C=O) groups excluding carboxylic acids is 1. The number of aliphatic hydroxyl groups excluding tert-OH is 1. The molecule has 0 unspecified atom stereocenters. The molecule has 1 aliphatic heterocycles. The first-order valence-corrected chi connectivity index (χ1v) is 8.20. The van der Waals surface area contributed by atoms with Crippen LogP contribution in [0.2, 0.25) is 0 Å². The number of hydrogen-bond donors (Lipinski definition) is 2. The van der Waals surface area contributed by atoms with E-state index in [0.29, 0.717) is 25.4 Å². The maximum absolute atomic E-state index is 12.3. The predicted octanol–water partition coefficient (Wildman–Crippen LogP) is 2.02. The summed E-state index contributed by atoms with van der Waals surface area (Å²) >= 11 is 0. The van der Waals surface area contributed by atoms with Gasteiger partial charge in [0, 0.05) is 30.1 Å². The van der Waals surface area contributed by atoms with Crippen LogP contribution in [0, 0.1) is 5.41 Å². The Labute approximate surface area is 134 Å². The van der Waals surface area contributed by atoms with Gasteiger partial charge in [-0.25, -0.2) is 0 Å². The Hall–Kier alpha value is -1.85. The Kier molecular flexibility index (Phi) is 3.62. The van der Waals surface area contributed by atoms with Crippen molar-refractivity contribution in [2.45, 2.75) is 37.8 Å². The molecule has 5 nitrogen and oxygen atoms in total. The van der Waals surface area contributed by atoms with Gasteiger partial charge in [-0.2, -0.15) is 0 Å². The van der Waals surface area contributed by atoms with Crippen molar-refractivity contribution in [2.75, 3.05) is 13.2 Å². The molecule has 2 fully saturated rings. The number of carbonyl (C=O) groups is 1. The third kappa shape index (κ3) is 2.54. The number of aliphatic hydroxyl groups is 1. The third-order valence-corrected chi connectivity index (χ3v) is 5.39. The molecule has 1 aromatic heterocycles. The predicted molar refractivity (Wildman–Crippen MR) is 85.0 cm³/mol. The van der Waals surface area contributed by atoms with E-state index in [0.717, 1.165) is 23.8 Å². The van der Waals surface area contributed by atoms with Crippen molar-refractivity contribution in [3.05, 3.63) is 36.1 Å². The molecule has 2 aliphatic rings. The second kappa shape index (κ2) is 5.65. The molecule has 5 heteroatoms. The van der Waals surface area contributed by atoms with E-state index in [2.05, 4.69) is 5.32 Å². The SMILES string of the molecule is O=C(Cc1cc2ccccc2o1)N[C@@H]1C[C@@H](O)C12CCOCC2. The average molecular weight is 315 g/mol. The fraction of sp³-hybridized carbons (Fsp3) is 0.500. The summed E-state index contributed by atoms with van der Waals surface area (Å²) in [6.07, 6.45) is 2.15. The van der Waals surface area contributed by atoms with E-state index in [1.807, 2.05) is 30.3 Å². The summed E-state index contributed by atoms with van der Waals surface area (Å²) in [5.74, 6) is 0.622. The summed E-state index contributed by atoms with van der Waals surface area (Å²) < 4.78 is 11.1. The molecule has 1 aromatic carbocycles. The average Bonchev–Trinajstić information content (AvgIpc) is 2.97. The van der Waals surface area contributed by atoms with E-state index in [9.17, 15) is 9.90 Å². The maximum Gasteiger partial charge on any atom is 0.227 e. The first-order valence-electron chi connectivity index (χ1n) is 8.20. The minimum Gasteiger partial charge on any atom is -0.461 e. The molecule has 4 rings (SSSR count). The lowest BCUT2D eigenvalue weighted by atomic mass is 9.58. The summed E-state index contributed by atoms with van der Waals surface area (Å²) in [6.45, 7) is 1.32. The Bertz CT molecular complexity index is 684. The van der Waals surface area contributed by atoms with Crippen LogP contribution in [0.5, 0.6) is 0 Å².